The van der Waals surface area contributed by atoms with Crippen molar-refractivity contribution in [2.45, 2.75) is 31.9 Å². The molecule has 2 rings (SSSR count). The fourth-order valence-corrected chi connectivity index (χ4v) is 2.61. The Bertz CT molecular complexity index is 507. The lowest BCUT2D eigenvalue weighted by molar-refractivity contribution is -0.125. The van der Waals surface area contributed by atoms with Gasteiger partial charge in [-0.25, -0.2) is 4.79 Å². The van der Waals surface area contributed by atoms with Crippen molar-refractivity contribution in [3.63, 3.8) is 0 Å². The molecule has 0 saturated carbocycles. The summed E-state index contributed by atoms with van der Waals surface area (Å²) in [6, 6.07) is 9.08. The van der Waals surface area contributed by atoms with Crippen LogP contribution in [0.3, 0.4) is 0 Å². The van der Waals surface area contributed by atoms with Crippen LogP contribution in [0.5, 0.6) is 0 Å². The molecule has 1 atom stereocenters. The number of nitrogens with zero attached hydrogens (tertiary/aromatic N) is 1. The summed E-state index contributed by atoms with van der Waals surface area (Å²) >= 11 is 0. The third-order valence-electron chi connectivity index (χ3n) is 3.82. The number of hydrogen-bond donors (Lipinski definition) is 1. The smallest absolute Gasteiger partial charge is 0.410 e. The van der Waals surface area contributed by atoms with E-state index in [-0.39, 0.29) is 12.5 Å². The molecule has 1 aliphatic rings. The van der Waals surface area contributed by atoms with Gasteiger partial charge in [-0.1, -0.05) is 30.3 Å². The fraction of sp³-hybridized carbons (Fsp3) is 0.529. The quantitative estimate of drug-likeness (QED) is 0.780. The first kappa shape index (κ1) is 17.3. The minimum Gasteiger partial charge on any atom is -0.445 e. The molecule has 2 amide bonds. The molecule has 1 fully saturated rings. The summed E-state index contributed by atoms with van der Waals surface area (Å²) in [5.41, 5.74) is 0.931. The first-order valence-electron chi connectivity index (χ1n) is 7.96. The number of rotatable bonds is 7. The molecule has 1 unspecified atom stereocenters. The van der Waals surface area contributed by atoms with Crippen molar-refractivity contribution in [3.8, 4) is 0 Å². The van der Waals surface area contributed by atoms with Crippen molar-refractivity contribution in [2.24, 2.45) is 0 Å². The molecule has 1 N–H and O–H groups in total. The second-order valence-electron chi connectivity index (χ2n) is 5.53. The molecule has 0 bridgehead atoms. The molecular weight excluding hydrogens is 296 g/mol. The topological polar surface area (TPSA) is 67.9 Å². The van der Waals surface area contributed by atoms with E-state index in [4.69, 9.17) is 9.47 Å². The van der Waals surface area contributed by atoms with E-state index in [1.807, 2.05) is 30.3 Å². The van der Waals surface area contributed by atoms with E-state index in [0.717, 1.165) is 18.4 Å². The SMILES string of the molecule is COCCCNC(=O)C1CCCN1C(=O)OCc1ccccc1. The summed E-state index contributed by atoms with van der Waals surface area (Å²) in [7, 11) is 1.63. The van der Waals surface area contributed by atoms with Gasteiger partial charge in [-0.15, -0.1) is 0 Å². The number of methoxy groups -OCH3 is 1. The van der Waals surface area contributed by atoms with Gasteiger partial charge in [-0.2, -0.15) is 0 Å². The summed E-state index contributed by atoms with van der Waals surface area (Å²) < 4.78 is 10.3. The second-order valence-corrected chi connectivity index (χ2v) is 5.53. The summed E-state index contributed by atoms with van der Waals surface area (Å²) in [6.45, 7) is 1.94. The fourth-order valence-electron chi connectivity index (χ4n) is 2.61. The molecular formula is C17H24N2O4. The van der Waals surface area contributed by atoms with Crippen molar-refractivity contribution in [2.75, 3.05) is 26.8 Å². The number of amides is 2. The molecule has 1 saturated heterocycles. The van der Waals surface area contributed by atoms with Crippen LogP contribution in [-0.2, 0) is 20.9 Å². The normalized spacial score (nSPS) is 17.1. The zero-order valence-corrected chi connectivity index (χ0v) is 13.5. The van der Waals surface area contributed by atoms with E-state index in [9.17, 15) is 9.59 Å². The highest BCUT2D eigenvalue weighted by atomic mass is 16.6. The lowest BCUT2D eigenvalue weighted by Crippen LogP contribution is -2.46. The Kier molecular flexibility index (Phi) is 6.87. The first-order valence-corrected chi connectivity index (χ1v) is 7.96. The maximum atomic E-state index is 12.2. The molecule has 0 aliphatic carbocycles. The molecule has 6 heteroatoms. The number of carbonyl (C=O) groups excluding carboxylic acids is 2. The first-order chi connectivity index (χ1) is 11.2. The van der Waals surface area contributed by atoms with Gasteiger partial charge >= 0.3 is 6.09 Å². The van der Waals surface area contributed by atoms with Crippen LogP contribution in [0, 0.1) is 0 Å². The van der Waals surface area contributed by atoms with Crippen LogP contribution in [0.25, 0.3) is 0 Å². The van der Waals surface area contributed by atoms with Gasteiger partial charge in [0.2, 0.25) is 5.91 Å². The van der Waals surface area contributed by atoms with Crippen molar-refractivity contribution in [1.29, 1.82) is 0 Å². The van der Waals surface area contributed by atoms with E-state index in [2.05, 4.69) is 5.32 Å². The minimum absolute atomic E-state index is 0.115. The largest absolute Gasteiger partial charge is 0.445 e. The van der Waals surface area contributed by atoms with Crippen LogP contribution < -0.4 is 5.32 Å². The van der Waals surface area contributed by atoms with Crippen molar-refractivity contribution < 1.29 is 19.1 Å². The third-order valence-corrected chi connectivity index (χ3v) is 3.82. The summed E-state index contributed by atoms with van der Waals surface area (Å²) in [6.07, 6.45) is 1.82. The highest BCUT2D eigenvalue weighted by molar-refractivity contribution is 5.86. The lowest BCUT2D eigenvalue weighted by atomic mass is 10.2. The number of ether oxygens (including phenoxy) is 2. The number of hydrogen-bond acceptors (Lipinski definition) is 4. The summed E-state index contributed by atoms with van der Waals surface area (Å²) in [5, 5.41) is 2.85. The van der Waals surface area contributed by atoms with Crippen LogP contribution in [0.15, 0.2) is 30.3 Å². The molecule has 0 spiro atoms. The van der Waals surface area contributed by atoms with Crippen LogP contribution >= 0.6 is 0 Å². The van der Waals surface area contributed by atoms with Gasteiger partial charge in [0, 0.05) is 26.8 Å². The van der Waals surface area contributed by atoms with Gasteiger partial charge in [0.15, 0.2) is 0 Å². The number of nitrogens with one attached hydrogen (secondary N) is 1. The summed E-state index contributed by atoms with van der Waals surface area (Å²) in [5.74, 6) is -0.115. The molecule has 1 aliphatic heterocycles. The third kappa shape index (κ3) is 5.25. The van der Waals surface area contributed by atoms with Gasteiger partial charge in [0.05, 0.1) is 0 Å². The van der Waals surface area contributed by atoms with E-state index >= 15 is 0 Å². The Labute approximate surface area is 136 Å². The zero-order valence-electron chi connectivity index (χ0n) is 13.5. The number of carbonyl (C=O) groups is 2. The lowest BCUT2D eigenvalue weighted by Gasteiger charge is -2.23. The molecule has 1 aromatic carbocycles. The number of benzene rings is 1. The van der Waals surface area contributed by atoms with Gasteiger partial charge in [0.1, 0.15) is 12.6 Å². The Morgan fingerprint density at radius 2 is 2.09 bits per heavy atom. The zero-order chi connectivity index (χ0) is 16.5. The predicted octanol–water partition coefficient (Wildman–Crippen LogP) is 1.94. The van der Waals surface area contributed by atoms with E-state index in [0.29, 0.717) is 26.1 Å². The highest BCUT2D eigenvalue weighted by Gasteiger charge is 2.34. The van der Waals surface area contributed by atoms with Crippen LogP contribution in [0.2, 0.25) is 0 Å². The second kappa shape index (κ2) is 9.15. The van der Waals surface area contributed by atoms with Crippen LogP contribution in [0.1, 0.15) is 24.8 Å². The van der Waals surface area contributed by atoms with E-state index < -0.39 is 12.1 Å². The predicted molar refractivity (Wildman–Crippen MR) is 85.9 cm³/mol. The average molecular weight is 320 g/mol. The Morgan fingerprint density at radius 1 is 1.30 bits per heavy atom. The standard InChI is InChI=1S/C17H24N2O4/c1-22-12-6-10-18-16(20)15-9-5-11-19(15)17(21)23-13-14-7-3-2-4-8-14/h2-4,7-8,15H,5-6,9-13H2,1H3,(H,18,20). The molecule has 6 nitrogen and oxygen atoms in total. The Hall–Kier alpha value is -2.08. The molecule has 0 aromatic heterocycles. The van der Waals surface area contributed by atoms with E-state index in [1.54, 1.807) is 7.11 Å². The number of likely N-dealkylation sites (tertiary alicyclic amines) is 1. The minimum atomic E-state index is -0.430. The van der Waals surface area contributed by atoms with E-state index in [1.165, 1.54) is 4.90 Å². The van der Waals surface area contributed by atoms with Crippen LogP contribution in [-0.4, -0.2) is 49.7 Å². The van der Waals surface area contributed by atoms with Gasteiger partial charge < -0.3 is 14.8 Å². The Balaban J connectivity index is 1.80. The molecule has 1 aromatic rings. The van der Waals surface area contributed by atoms with Gasteiger partial charge in [-0.05, 0) is 24.8 Å². The molecule has 1 heterocycles. The Morgan fingerprint density at radius 3 is 2.83 bits per heavy atom. The average Bonchev–Trinajstić information content (AvgIpc) is 3.07. The highest BCUT2D eigenvalue weighted by Crippen LogP contribution is 2.19. The van der Waals surface area contributed by atoms with Crippen molar-refractivity contribution in [3.05, 3.63) is 35.9 Å². The van der Waals surface area contributed by atoms with Crippen LogP contribution in [0.4, 0.5) is 4.79 Å². The maximum absolute atomic E-state index is 12.2. The molecule has 0 radical (unpaired) electrons. The van der Waals surface area contributed by atoms with Gasteiger partial charge in [-0.3, -0.25) is 9.69 Å². The van der Waals surface area contributed by atoms with Gasteiger partial charge in [0.25, 0.3) is 0 Å². The molecule has 126 valence electrons. The summed E-state index contributed by atoms with van der Waals surface area (Å²) in [4.78, 5) is 25.9. The monoisotopic (exact) mass is 320 g/mol. The van der Waals surface area contributed by atoms with Crippen molar-refractivity contribution in [1.82, 2.24) is 10.2 Å². The molecule has 23 heavy (non-hydrogen) atoms. The maximum Gasteiger partial charge on any atom is 0.410 e. The van der Waals surface area contributed by atoms with Crippen molar-refractivity contribution >= 4 is 12.0 Å².